The standard InChI is InChI=1S/C19H27N3O3/c23-17-5-6-19(14-22(17)13-15-3-2-12-25-15)7-10-21(11-8-19)18(24)16-4-1-9-20-16/h1,4,9,15,20H,2-3,5-8,10-14H2/t15-/m0/s1. The Hall–Kier alpha value is -1.82. The van der Waals surface area contributed by atoms with Gasteiger partial charge in [0.25, 0.3) is 5.91 Å². The SMILES string of the molecule is O=C1CCC2(CCN(C(=O)c3ccc[nH]3)CC2)CN1C[C@@H]1CCCO1. The van der Waals surface area contributed by atoms with E-state index in [-0.39, 0.29) is 23.3 Å². The molecule has 0 radical (unpaired) electrons. The summed E-state index contributed by atoms with van der Waals surface area (Å²) in [6.45, 7) is 3.95. The first-order valence-corrected chi connectivity index (χ1v) is 9.47. The zero-order valence-corrected chi connectivity index (χ0v) is 14.7. The van der Waals surface area contributed by atoms with E-state index in [2.05, 4.69) is 4.98 Å². The number of aromatic nitrogens is 1. The molecule has 0 aromatic carbocycles. The van der Waals surface area contributed by atoms with Gasteiger partial charge in [0.05, 0.1) is 6.10 Å². The Labute approximate surface area is 148 Å². The molecule has 1 N–H and O–H groups in total. The molecule has 1 atom stereocenters. The Morgan fingerprint density at radius 3 is 2.84 bits per heavy atom. The van der Waals surface area contributed by atoms with Gasteiger partial charge in [0, 0.05) is 45.4 Å². The second kappa shape index (κ2) is 6.83. The predicted octanol–water partition coefficient (Wildman–Crippen LogP) is 2.04. The number of nitrogens with one attached hydrogen (secondary N) is 1. The highest BCUT2D eigenvalue weighted by molar-refractivity contribution is 5.92. The summed E-state index contributed by atoms with van der Waals surface area (Å²) in [5.41, 5.74) is 0.841. The summed E-state index contributed by atoms with van der Waals surface area (Å²) in [5.74, 6) is 0.356. The van der Waals surface area contributed by atoms with E-state index in [1.54, 1.807) is 6.20 Å². The minimum absolute atomic E-state index is 0.0861. The molecule has 3 fully saturated rings. The molecule has 1 aromatic rings. The molecule has 136 valence electrons. The Morgan fingerprint density at radius 1 is 1.32 bits per heavy atom. The number of likely N-dealkylation sites (tertiary alicyclic amines) is 2. The number of carbonyl (C=O) groups is 2. The summed E-state index contributed by atoms with van der Waals surface area (Å²) in [5, 5.41) is 0. The van der Waals surface area contributed by atoms with E-state index in [1.807, 2.05) is 21.9 Å². The normalized spacial score (nSPS) is 26.4. The van der Waals surface area contributed by atoms with Crippen molar-refractivity contribution in [2.75, 3.05) is 32.8 Å². The molecule has 1 spiro atoms. The maximum absolute atomic E-state index is 12.5. The van der Waals surface area contributed by atoms with Crippen LogP contribution in [-0.2, 0) is 9.53 Å². The number of H-pyrrole nitrogens is 1. The third-order valence-corrected chi connectivity index (χ3v) is 6.14. The molecule has 6 nitrogen and oxygen atoms in total. The first-order chi connectivity index (χ1) is 12.2. The number of ether oxygens (including phenoxy) is 1. The number of piperidine rings is 2. The van der Waals surface area contributed by atoms with Crippen molar-refractivity contribution < 1.29 is 14.3 Å². The number of hydrogen-bond acceptors (Lipinski definition) is 3. The Kier molecular flexibility index (Phi) is 4.54. The number of rotatable bonds is 3. The van der Waals surface area contributed by atoms with Crippen molar-refractivity contribution in [3.63, 3.8) is 0 Å². The molecule has 6 heteroatoms. The van der Waals surface area contributed by atoms with Gasteiger partial charge in [0.2, 0.25) is 5.91 Å². The van der Waals surface area contributed by atoms with Crippen LogP contribution in [0.3, 0.4) is 0 Å². The average molecular weight is 345 g/mol. The molecule has 0 saturated carbocycles. The smallest absolute Gasteiger partial charge is 0.270 e. The molecule has 25 heavy (non-hydrogen) atoms. The van der Waals surface area contributed by atoms with Gasteiger partial charge >= 0.3 is 0 Å². The van der Waals surface area contributed by atoms with Crippen molar-refractivity contribution in [1.29, 1.82) is 0 Å². The van der Waals surface area contributed by atoms with Gasteiger partial charge in [-0.05, 0) is 49.7 Å². The van der Waals surface area contributed by atoms with Gasteiger partial charge in [-0.3, -0.25) is 9.59 Å². The topological polar surface area (TPSA) is 65.6 Å². The zero-order chi connectivity index (χ0) is 17.3. The maximum atomic E-state index is 12.5. The van der Waals surface area contributed by atoms with Crippen LogP contribution in [0.2, 0.25) is 0 Å². The van der Waals surface area contributed by atoms with Crippen LogP contribution in [0, 0.1) is 5.41 Å². The fourth-order valence-corrected chi connectivity index (χ4v) is 4.53. The monoisotopic (exact) mass is 345 g/mol. The zero-order valence-electron chi connectivity index (χ0n) is 14.7. The first kappa shape index (κ1) is 16.6. The first-order valence-electron chi connectivity index (χ1n) is 9.47. The van der Waals surface area contributed by atoms with Crippen molar-refractivity contribution in [1.82, 2.24) is 14.8 Å². The lowest BCUT2D eigenvalue weighted by atomic mass is 9.72. The number of nitrogens with zero attached hydrogens (tertiary/aromatic N) is 2. The lowest BCUT2D eigenvalue weighted by molar-refractivity contribution is -0.141. The van der Waals surface area contributed by atoms with Gasteiger partial charge in [-0.15, -0.1) is 0 Å². The van der Waals surface area contributed by atoms with Crippen LogP contribution in [-0.4, -0.2) is 65.5 Å². The molecule has 0 aliphatic carbocycles. The van der Waals surface area contributed by atoms with E-state index >= 15 is 0 Å². The molecule has 4 rings (SSSR count). The van der Waals surface area contributed by atoms with E-state index in [4.69, 9.17) is 4.74 Å². The molecule has 0 unspecified atom stereocenters. The number of aromatic amines is 1. The molecule has 2 amide bonds. The summed E-state index contributed by atoms with van der Waals surface area (Å²) in [6.07, 6.45) is 7.73. The van der Waals surface area contributed by atoms with E-state index in [0.717, 1.165) is 64.9 Å². The van der Waals surface area contributed by atoms with Crippen molar-refractivity contribution in [2.45, 2.75) is 44.6 Å². The molecule has 1 aromatic heterocycles. The molecule has 3 aliphatic rings. The quantitative estimate of drug-likeness (QED) is 0.912. The summed E-state index contributed by atoms with van der Waals surface area (Å²) >= 11 is 0. The van der Waals surface area contributed by atoms with Gasteiger partial charge in [0.15, 0.2) is 0 Å². The van der Waals surface area contributed by atoms with Crippen LogP contribution in [0.15, 0.2) is 18.3 Å². The minimum Gasteiger partial charge on any atom is -0.376 e. The van der Waals surface area contributed by atoms with Gasteiger partial charge in [-0.25, -0.2) is 0 Å². The highest BCUT2D eigenvalue weighted by Crippen LogP contribution is 2.40. The van der Waals surface area contributed by atoms with Gasteiger partial charge in [-0.1, -0.05) is 0 Å². The average Bonchev–Trinajstić information content (AvgIpc) is 3.32. The maximum Gasteiger partial charge on any atom is 0.270 e. The molecule has 3 saturated heterocycles. The Bertz CT molecular complexity index is 614. The van der Waals surface area contributed by atoms with E-state index in [9.17, 15) is 9.59 Å². The third kappa shape index (κ3) is 3.45. The number of carbonyl (C=O) groups excluding carboxylic acids is 2. The van der Waals surface area contributed by atoms with Crippen LogP contribution in [0.25, 0.3) is 0 Å². The van der Waals surface area contributed by atoms with Crippen LogP contribution in [0.1, 0.15) is 49.0 Å². The van der Waals surface area contributed by atoms with Crippen LogP contribution in [0.4, 0.5) is 0 Å². The predicted molar refractivity (Wildman–Crippen MR) is 93.2 cm³/mol. The van der Waals surface area contributed by atoms with E-state index < -0.39 is 0 Å². The summed E-state index contributed by atoms with van der Waals surface area (Å²) in [4.78, 5) is 31.8. The summed E-state index contributed by atoms with van der Waals surface area (Å²) in [7, 11) is 0. The second-order valence-electron chi connectivity index (χ2n) is 7.79. The molecule has 4 heterocycles. The minimum atomic E-state index is 0.0861. The van der Waals surface area contributed by atoms with Crippen molar-refractivity contribution >= 4 is 11.8 Å². The van der Waals surface area contributed by atoms with Crippen LogP contribution >= 0.6 is 0 Å². The van der Waals surface area contributed by atoms with Crippen molar-refractivity contribution in [3.8, 4) is 0 Å². The van der Waals surface area contributed by atoms with Gasteiger partial charge in [0.1, 0.15) is 5.69 Å². The third-order valence-electron chi connectivity index (χ3n) is 6.14. The van der Waals surface area contributed by atoms with Crippen LogP contribution in [0.5, 0.6) is 0 Å². The summed E-state index contributed by atoms with van der Waals surface area (Å²) in [6, 6.07) is 3.68. The van der Waals surface area contributed by atoms with E-state index in [1.165, 1.54) is 0 Å². The summed E-state index contributed by atoms with van der Waals surface area (Å²) < 4.78 is 5.72. The Morgan fingerprint density at radius 2 is 2.16 bits per heavy atom. The fourth-order valence-electron chi connectivity index (χ4n) is 4.53. The fraction of sp³-hybridized carbons (Fsp3) is 0.684. The Balaban J connectivity index is 1.36. The lowest BCUT2D eigenvalue weighted by Crippen LogP contribution is -2.53. The number of amides is 2. The second-order valence-corrected chi connectivity index (χ2v) is 7.79. The van der Waals surface area contributed by atoms with Crippen molar-refractivity contribution in [3.05, 3.63) is 24.0 Å². The number of hydrogen-bond donors (Lipinski definition) is 1. The molecular weight excluding hydrogens is 318 g/mol. The largest absolute Gasteiger partial charge is 0.376 e. The highest BCUT2D eigenvalue weighted by atomic mass is 16.5. The molecular formula is C19H27N3O3. The van der Waals surface area contributed by atoms with Crippen molar-refractivity contribution in [2.24, 2.45) is 5.41 Å². The van der Waals surface area contributed by atoms with E-state index in [0.29, 0.717) is 12.1 Å². The van der Waals surface area contributed by atoms with Gasteiger partial charge in [-0.2, -0.15) is 0 Å². The molecule has 0 bridgehead atoms. The molecule has 3 aliphatic heterocycles. The van der Waals surface area contributed by atoms with Crippen LogP contribution < -0.4 is 0 Å². The lowest BCUT2D eigenvalue weighted by Gasteiger charge is -2.47. The van der Waals surface area contributed by atoms with Gasteiger partial charge < -0.3 is 19.5 Å². The highest BCUT2D eigenvalue weighted by Gasteiger charge is 2.42.